The third-order valence-electron chi connectivity index (χ3n) is 3.54. The minimum absolute atomic E-state index is 0.144. The van der Waals surface area contributed by atoms with E-state index in [2.05, 4.69) is 9.98 Å². The van der Waals surface area contributed by atoms with Gasteiger partial charge in [0.15, 0.2) is 11.6 Å². The molecule has 21 heavy (non-hydrogen) atoms. The topological polar surface area (TPSA) is 64.3 Å². The van der Waals surface area contributed by atoms with Gasteiger partial charge in [-0.2, -0.15) is 0 Å². The molecule has 0 aliphatic heterocycles. The smallest absolute Gasteiger partial charge is 0.179 e. The van der Waals surface area contributed by atoms with Gasteiger partial charge in [0.2, 0.25) is 0 Å². The quantitative estimate of drug-likeness (QED) is 0.478. The van der Waals surface area contributed by atoms with Crippen molar-refractivity contribution in [3.8, 4) is 0 Å². The summed E-state index contributed by atoms with van der Waals surface area (Å²) in [5.41, 5.74) is 1.02. The van der Waals surface area contributed by atoms with Gasteiger partial charge < -0.3 is 4.57 Å². The lowest BCUT2D eigenvalue weighted by Gasteiger charge is -2.00. The fourth-order valence-electron chi connectivity index (χ4n) is 2.45. The Hall–Kier alpha value is -2.56. The Balaban J connectivity index is 1.57. The molecule has 0 radical (unpaired) electrons. The van der Waals surface area contributed by atoms with Gasteiger partial charge in [-0.05, 0) is 6.42 Å². The number of imidazole rings is 1. The van der Waals surface area contributed by atoms with Crippen molar-refractivity contribution in [2.75, 3.05) is 6.54 Å². The lowest BCUT2D eigenvalue weighted by molar-refractivity contribution is 0.0886. The average molecular weight is 281 g/mol. The Morgan fingerprint density at radius 2 is 1.90 bits per heavy atom. The van der Waals surface area contributed by atoms with Crippen LogP contribution < -0.4 is 0 Å². The number of ketones is 2. The molecule has 0 saturated carbocycles. The molecule has 0 amide bonds. The summed E-state index contributed by atoms with van der Waals surface area (Å²) in [4.78, 5) is 32.5. The van der Waals surface area contributed by atoms with Gasteiger partial charge >= 0.3 is 0 Å². The van der Waals surface area contributed by atoms with Gasteiger partial charge in [-0.15, -0.1) is 0 Å². The van der Waals surface area contributed by atoms with Gasteiger partial charge in [0, 0.05) is 42.8 Å². The van der Waals surface area contributed by atoms with Crippen LogP contribution >= 0.6 is 0 Å². The fourth-order valence-corrected chi connectivity index (χ4v) is 2.45. The summed E-state index contributed by atoms with van der Waals surface area (Å²) in [6.07, 6.45) is 7.72. The highest BCUT2D eigenvalue weighted by Gasteiger charge is 2.36. The Morgan fingerprint density at radius 1 is 1.19 bits per heavy atom. The molecule has 5 heteroatoms. The van der Waals surface area contributed by atoms with Crippen LogP contribution in [0.2, 0.25) is 0 Å². The number of Topliss-reactive ketones (excluding diaryl/α,β-unsaturated/α-hetero) is 2. The van der Waals surface area contributed by atoms with E-state index in [4.69, 9.17) is 0 Å². The molecule has 1 aromatic heterocycles. The maximum atomic E-state index is 12.1. The maximum Gasteiger partial charge on any atom is 0.179 e. The van der Waals surface area contributed by atoms with Crippen LogP contribution in [0.4, 0.5) is 0 Å². The summed E-state index contributed by atoms with van der Waals surface area (Å²) < 4.78 is 1.97. The first-order valence-corrected chi connectivity index (χ1v) is 6.90. The molecule has 0 saturated heterocycles. The number of fused-ring (bicyclic) bond motifs is 1. The van der Waals surface area contributed by atoms with Crippen LogP contribution in [-0.4, -0.2) is 33.9 Å². The van der Waals surface area contributed by atoms with Crippen LogP contribution in [0.3, 0.4) is 0 Å². The molecule has 0 unspecified atom stereocenters. The van der Waals surface area contributed by atoms with E-state index in [0.29, 0.717) is 17.7 Å². The molecule has 0 atom stereocenters. The molecular weight excluding hydrogens is 266 g/mol. The van der Waals surface area contributed by atoms with E-state index >= 15 is 0 Å². The number of aryl methyl sites for hydroxylation is 1. The first-order chi connectivity index (χ1) is 10.3. The normalized spacial score (nSPS) is 15.0. The molecule has 0 spiro atoms. The van der Waals surface area contributed by atoms with E-state index in [1.165, 1.54) is 6.21 Å². The molecule has 5 nitrogen and oxygen atoms in total. The zero-order valence-electron chi connectivity index (χ0n) is 11.5. The molecule has 0 N–H and O–H groups in total. The molecule has 1 aliphatic carbocycles. The first kappa shape index (κ1) is 13.4. The Kier molecular flexibility index (Phi) is 3.73. The number of rotatable bonds is 5. The van der Waals surface area contributed by atoms with E-state index < -0.39 is 5.92 Å². The highest BCUT2D eigenvalue weighted by Crippen LogP contribution is 2.25. The fraction of sp³-hybridized carbons (Fsp3) is 0.250. The molecule has 0 bridgehead atoms. The number of aliphatic imine (C=N–C) groups is 1. The van der Waals surface area contributed by atoms with E-state index in [-0.39, 0.29) is 11.6 Å². The third kappa shape index (κ3) is 2.67. The highest BCUT2D eigenvalue weighted by molar-refractivity contribution is 6.33. The van der Waals surface area contributed by atoms with Crippen molar-refractivity contribution in [2.45, 2.75) is 13.0 Å². The second kappa shape index (κ2) is 5.83. The van der Waals surface area contributed by atoms with Crippen molar-refractivity contribution < 1.29 is 9.59 Å². The molecule has 1 aromatic carbocycles. The van der Waals surface area contributed by atoms with Crippen LogP contribution in [0.25, 0.3) is 0 Å². The lowest BCUT2D eigenvalue weighted by Crippen LogP contribution is -2.16. The molecule has 2 aromatic rings. The maximum absolute atomic E-state index is 12.1. The third-order valence-corrected chi connectivity index (χ3v) is 3.54. The molecule has 1 aliphatic rings. The zero-order valence-corrected chi connectivity index (χ0v) is 11.5. The second-order valence-electron chi connectivity index (χ2n) is 4.96. The predicted octanol–water partition coefficient (Wildman–Crippen LogP) is 2.04. The van der Waals surface area contributed by atoms with Crippen LogP contribution in [-0.2, 0) is 6.54 Å². The van der Waals surface area contributed by atoms with Crippen LogP contribution in [0.1, 0.15) is 27.1 Å². The number of aromatic nitrogens is 2. The number of hydrogen-bond acceptors (Lipinski definition) is 4. The second-order valence-corrected chi connectivity index (χ2v) is 4.96. The van der Waals surface area contributed by atoms with Crippen LogP contribution in [0.5, 0.6) is 0 Å². The molecule has 3 rings (SSSR count). The van der Waals surface area contributed by atoms with Gasteiger partial charge in [-0.25, -0.2) is 4.98 Å². The van der Waals surface area contributed by atoms with Crippen LogP contribution in [0, 0.1) is 5.92 Å². The molecular formula is C16H15N3O2. The van der Waals surface area contributed by atoms with E-state index in [1.54, 1.807) is 36.8 Å². The minimum atomic E-state index is -0.740. The first-order valence-electron chi connectivity index (χ1n) is 6.90. The van der Waals surface area contributed by atoms with Crippen molar-refractivity contribution in [1.82, 2.24) is 9.55 Å². The average Bonchev–Trinajstić information content (AvgIpc) is 3.10. The standard InChI is InChI=1S/C16H15N3O2/c20-15-12-4-1-2-5-13(12)16(21)14(15)10-17-6-3-8-19-9-7-18-11-19/h1-2,4-5,7,9-11,14H,3,6,8H2. The van der Waals surface area contributed by atoms with E-state index in [1.807, 2.05) is 10.8 Å². The summed E-state index contributed by atoms with van der Waals surface area (Å²) >= 11 is 0. The van der Waals surface area contributed by atoms with Gasteiger partial charge in [-0.1, -0.05) is 24.3 Å². The summed E-state index contributed by atoms with van der Waals surface area (Å²) in [6.45, 7) is 1.41. The van der Waals surface area contributed by atoms with E-state index in [9.17, 15) is 9.59 Å². The van der Waals surface area contributed by atoms with Gasteiger partial charge in [0.05, 0.1) is 6.33 Å². The van der Waals surface area contributed by atoms with E-state index in [0.717, 1.165) is 13.0 Å². The van der Waals surface area contributed by atoms with Gasteiger partial charge in [0.25, 0.3) is 0 Å². The van der Waals surface area contributed by atoms with Crippen molar-refractivity contribution in [1.29, 1.82) is 0 Å². The lowest BCUT2D eigenvalue weighted by atomic mass is 10.1. The van der Waals surface area contributed by atoms with Crippen molar-refractivity contribution >= 4 is 17.8 Å². The van der Waals surface area contributed by atoms with Crippen molar-refractivity contribution in [3.63, 3.8) is 0 Å². The Bertz CT molecular complexity index is 654. The predicted molar refractivity (Wildman–Crippen MR) is 78.8 cm³/mol. The summed E-state index contributed by atoms with van der Waals surface area (Å²) in [7, 11) is 0. The Labute approximate surface area is 122 Å². The summed E-state index contributed by atoms with van der Waals surface area (Å²) in [5, 5.41) is 0. The van der Waals surface area contributed by atoms with Crippen molar-refractivity contribution in [3.05, 3.63) is 54.1 Å². The number of benzene rings is 1. The van der Waals surface area contributed by atoms with Gasteiger partial charge in [0.1, 0.15) is 5.92 Å². The number of hydrogen-bond donors (Lipinski definition) is 0. The van der Waals surface area contributed by atoms with Gasteiger partial charge in [-0.3, -0.25) is 14.6 Å². The SMILES string of the molecule is O=C1c2ccccc2C(=O)C1C=NCCCn1ccnc1. The molecule has 106 valence electrons. The summed E-state index contributed by atoms with van der Waals surface area (Å²) in [5.74, 6) is -1.03. The summed E-state index contributed by atoms with van der Waals surface area (Å²) in [6, 6.07) is 6.94. The number of carbonyl (C=O) groups excluding carboxylic acids is 2. The zero-order chi connectivity index (χ0) is 14.7. The number of carbonyl (C=O) groups is 2. The number of nitrogens with zero attached hydrogens (tertiary/aromatic N) is 3. The Morgan fingerprint density at radius 3 is 2.52 bits per heavy atom. The monoisotopic (exact) mass is 281 g/mol. The van der Waals surface area contributed by atoms with Crippen molar-refractivity contribution in [2.24, 2.45) is 10.9 Å². The molecule has 0 fully saturated rings. The minimum Gasteiger partial charge on any atom is -0.337 e. The molecule has 1 heterocycles. The largest absolute Gasteiger partial charge is 0.337 e. The van der Waals surface area contributed by atoms with Crippen LogP contribution in [0.15, 0.2) is 48.0 Å². The highest BCUT2D eigenvalue weighted by atomic mass is 16.2.